The molecule has 290 valence electrons. The number of pyridine rings is 1. The van der Waals surface area contributed by atoms with Crippen LogP contribution in [-0.4, -0.2) is 43.3 Å². The van der Waals surface area contributed by atoms with Gasteiger partial charge in [0.15, 0.2) is 5.82 Å². The predicted octanol–water partition coefficient (Wildman–Crippen LogP) is 7.36. The lowest BCUT2D eigenvalue weighted by Gasteiger charge is -2.32. The van der Waals surface area contributed by atoms with E-state index in [4.69, 9.17) is 19.9 Å². The highest BCUT2D eigenvalue weighted by Gasteiger charge is 2.42. The van der Waals surface area contributed by atoms with Gasteiger partial charge in [0.25, 0.3) is 0 Å². The predicted molar refractivity (Wildman–Crippen MR) is 199 cm³/mol. The van der Waals surface area contributed by atoms with Crippen LogP contribution in [0.4, 0.5) is 34.9 Å². The summed E-state index contributed by atoms with van der Waals surface area (Å²) in [4.78, 5) is 14.3. The van der Waals surface area contributed by atoms with Gasteiger partial charge in [0.05, 0.1) is 49.6 Å². The fraction of sp³-hybridized carbons (Fsp3) is 0.308. The first-order valence-corrected chi connectivity index (χ1v) is 19.0. The fourth-order valence-electron chi connectivity index (χ4n) is 6.46. The van der Waals surface area contributed by atoms with Crippen molar-refractivity contribution in [2.45, 2.75) is 63.9 Å². The zero-order valence-electron chi connectivity index (χ0n) is 30.6. The molecule has 0 saturated carbocycles. The molecule has 0 fully saturated rings. The molecule has 1 unspecified atom stereocenters. The smallest absolute Gasteiger partial charge is 0.417 e. The number of anilines is 3. The van der Waals surface area contributed by atoms with Gasteiger partial charge in [0.1, 0.15) is 23.1 Å². The van der Waals surface area contributed by atoms with Gasteiger partial charge < -0.3 is 30.2 Å². The van der Waals surface area contributed by atoms with Crippen molar-refractivity contribution in [2.24, 2.45) is 0 Å². The maximum Gasteiger partial charge on any atom is 0.417 e. The quantitative estimate of drug-likeness (QED) is 0.0915. The number of hydrogen-bond donors (Lipinski definition) is 2. The summed E-state index contributed by atoms with van der Waals surface area (Å²) in [6.07, 6.45) is -5.29. The number of sulfone groups is 1. The Labute approximate surface area is 316 Å². The first kappa shape index (κ1) is 39.2. The second kappa shape index (κ2) is 16.1. The average molecular weight is 781 g/mol. The molecule has 3 aromatic carbocycles. The van der Waals surface area contributed by atoms with Gasteiger partial charge in [-0.3, -0.25) is 0 Å². The number of benzene rings is 3. The number of halogens is 4. The van der Waals surface area contributed by atoms with E-state index in [0.717, 1.165) is 11.1 Å². The highest BCUT2D eigenvalue weighted by atomic mass is 32.2. The maximum atomic E-state index is 17.2. The molecular weight excluding hydrogens is 741 g/mol. The van der Waals surface area contributed by atoms with E-state index in [1.165, 1.54) is 40.3 Å². The Morgan fingerprint density at radius 2 is 1.60 bits per heavy atom. The van der Waals surface area contributed by atoms with E-state index in [9.17, 15) is 21.6 Å². The van der Waals surface area contributed by atoms with Crippen molar-refractivity contribution >= 4 is 27.2 Å². The summed E-state index contributed by atoms with van der Waals surface area (Å²) in [5.41, 5.74) is 6.40. The number of alkyl halides is 3. The molecule has 1 atom stereocenters. The molecule has 1 aliphatic heterocycles. The lowest BCUT2D eigenvalue weighted by atomic mass is 9.90. The van der Waals surface area contributed by atoms with Crippen molar-refractivity contribution < 1.29 is 40.2 Å². The van der Waals surface area contributed by atoms with Gasteiger partial charge in [-0.15, -0.1) is 0 Å². The van der Waals surface area contributed by atoms with Crippen LogP contribution >= 0.6 is 0 Å². The molecule has 16 heteroatoms. The number of fused-ring (bicyclic) bond motifs is 1. The average Bonchev–Trinajstić information content (AvgIpc) is 3.17. The SMILES string of the molecule is CCS(=O)(=O)c1nc2c(c(NCc3cccnc3N)n1)COC(c1c(F)c(N(Cc3ccc(OC)cc3)Cc3ccc(OC)cc3)cc(C)c1C(F)(F)F)C2. The van der Waals surface area contributed by atoms with Crippen molar-refractivity contribution in [1.29, 1.82) is 0 Å². The fourth-order valence-corrected chi connectivity index (χ4v) is 7.20. The Hall–Kier alpha value is -5.48. The molecule has 11 nitrogen and oxygen atoms in total. The second-order valence-electron chi connectivity index (χ2n) is 13.0. The van der Waals surface area contributed by atoms with E-state index in [2.05, 4.69) is 20.3 Å². The van der Waals surface area contributed by atoms with Crippen LogP contribution in [0.5, 0.6) is 11.5 Å². The third kappa shape index (κ3) is 8.60. The van der Waals surface area contributed by atoms with Crippen LogP contribution in [0.25, 0.3) is 0 Å². The van der Waals surface area contributed by atoms with Crippen molar-refractivity contribution in [2.75, 3.05) is 35.9 Å². The summed E-state index contributed by atoms with van der Waals surface area (Å²) in [6, 6.07) is 18.8. The van der Waals surface area contributed by atoms with Crippen molar-refractivity contribution in [3.63, 3.8) is 0 Å². The summed E-state index contributed by atoms with van der Waals surface area (Å²) >= 11 is 0. The van der Waals surface area contributed by atoms with E-state index in [-0.39, 0.29) is 67.0 Å². The summed E-state index contributed by atoms with van der Waals surface area (Å²) in [5, 5.41) is 2.56. The first-order valence-electron chi connectivity index (χ1n) is 17.3. The van der Waals surface area contributed by atoms with E-state index >= 15 is 4.39 Å². The number of rotatable bonds is 13. The number of methoxy groups -OCH3 is 2. The van der Waals surface area contributed by atoms with Crippen molar-refractivity contribution in [3.05, 3.63) is 123 Å². The van der Waals surface area contributed by atoms with Crippen LogP contribution in [0.15, 0.2) is 78.1 Å². The molecule has 5 aromatic rings. The molecule has 0 bridgehead atoms. The molecule has 0 spiro atoms. The molecule has 55 heavy (non-hydrogen) atoms. The third-order valence-corrected chi connectivity index (χ3v) is 10.9. The van der Waals surface area contributed by atoms with E-state index in [1.807, 2.05) is 0 Å². The molecule has 2 aromatic heterocycles. The summed E-state index contributed by atoms with van der Waals surface area (Å²) in [6.45, 7) is 2.74. The van der Waals surface area contributed by atoms with Gasteiger partial charge >= 0.3 is 6.18 Å². The summed E-state index contributed by atoms with van der Waals surface area (Å²) in [7, 11) is -0.913. The van der Waals surface area contributed by atoms with Gasteiger partial charge in [0, 0.05) is 48.9 Å². The van der Waals surface area contributed by atoms with Crippen LogP contribution < -0.4 is 25.4 Å². The number of aromatic nitrogens is 3. The van der Waals surface area contributed by atoms with Crippen LogP contribution in [0.3, 0.4) is 0 Å². The lowest BCUT2D eigenvalue weighted by Crippen LogP contribution is -2.28. The minimum Gasteiger partial charge on any atom is -0.497 e. The molecule has 1 aliphatic rings. The number of aryl methyl sites for hydroxylation is 1. The minimum absolute atomic E-state index is 0.0742. The summed E-state index contributed by atoms with van der Waals surface area (Å²) < 4.78 is 105. The largest absolute Gasteiger partial charge is 0.497 e. The van der Waals surface area contributed by atoms with E-state index in [0.29, 0.717) is 22.6 Å². The number of nitrogens with two attached hydrogens (primary N) is 1. The number of nitrogen functional groups attached to an aromatic ring is 1. The molecule has 3 N–H and O–H groups in total. The number of nitrogens with one attached hydrogen (secondary N) is 1. The molecule has 0 aliphatic carbocycles. The first-order chi connectivity index (χ1) is 26.2. The highest BCUT2D eigenvalue weighted by molar-refractivity contribution is 7.91. The van der Waals surface area contributed by atoms with Crippen molar-refractivity contribution in [3.8, 4) is 11.5 Å². The third-order valence-electron chi connectivity index (χ3n) is 9.40. The van der Waals surface area contributed by atoms with Crippen LogP contribution in [-0.2, 0) is 53.4 Å². The Morgan fingerprint density at radius 3 is 2.15 bits per heavy atom. The normalized spacial score (nSPS) is 14.3. The molecular formula is C39H40F4N6O5S. The molecule has 6 rings (SSSR count). The monoisotopic (exact) mass is 780 g/mol. The Kier molecular flexibility index (Phi) is 11.5. The zero-order chi connectivity index (χ0) is 39.5. The minimum atomic E-state index is -4.96. The highest BCUT2D eigenvalue weighted by Crippen LogP contribution is 2.45. The van der Waals surface area contributed by atoms with Gasteiger partial charge in [-0.2, -0.15) is 13.2 Å². The number of ether oxygens (including phenoxy) is 3. The number of nitrogens with zero attached hydrogens (tertiary/aromatic N) is 4. The molecule has 0 radical (unpaired) electrons. The zero-order valence-corrected chi connectivity index (χ0v) is 31.4. The van der Waals surface area contributed by atoms with Crippen LogP contribution in [0.2, 0.25) is 0 Å². The number of hydrogen-bond acceptors (Lipinski definition) is 11. The summed E-state index contributed by atoms with van der Waals surface area (Å²) in [5.74, 6) is 0.121. The maximum absolute atomic E-state index is 17.2. The molecule has 0 saturated heterocycles. The topological polar surface area (TPSA) is 142 Å². The second-order valence-corrected chi connectivity index (χ2v) is 15.1. The van der Waals surface area contributed by atoms with Gasteiger partial charge in [-0.25, -0.2) is 27.8 Å². The Bertz CT molecular complexity index is 2220. The van der Waals surface area contributed by atoms with Gasteiger partial charge in [-0.05, 0) is 60.0 Å². The van der Waals surface area contributed by atoms with Crippen LogP contribution in [0, 0.1) is 12.7 Å². The van der Waals surface area contributed by atoms with E-state index < -0.39 is 44.2 Å². The lowest BCUT2D eigenvalue weighted by molar-refractivity contribution is -0.140. The molecule has 3 heterocycles. The molecule has 0 amide bonds. The standard InChI is InChI=1S/C39H40F4N6O5S/c1-5-55(50,51)38-47-30-18-32(54-22-29(30)37(48-38)46-19-26-7-6-16-45-36(26)44)33-34(39(41,42)43)23(2)17-31(35(33)40)49(20-24-8-12-27(52-3)13-9-24)21-25-10-14-28(53-4)15-11-25/h6-17,32H,5,18-22H2,1-4H3,(H2,44,45)(H,46,47,48). The van der Waals surface area contributed by atoms with Gasteiger partial charge in [-0.1, -0.05) is 37.3 Å². The van der Waals surface area contributed by atoms with Gasteiger partial charge in [0.2, 0.25) is 15.0 Å². The van der Waals surface area contributed by atoms with E-state index in [1.54, 1.807) is 65.6 Å². The van der Waals surface area contributed by atoms with Crippen molar-refractivity contribution in [1.82, 2.24) is 15.0 Å². The Morgan fingerprint density at radius 1 is 0.982 bits per heavy atom. The van der Waals surface area contributed by atoms with Crippen LogP contribution in [0.1, 0.15) is 57.7 Å². The Balaban J connectivity index is 1.45.